The normalized spacial score (nSPS) is 12.2. The molecule has 88 valence electrons. The molecule has 0 aliphatic heterocycles. The maximum Gasteiger partial charge on any atom is 0.193 e. The van der Waals surface area contributed by atoms with Gasteiger partial charge in [-0.15, -0.1) is 10.2 Å². The lowest BCUT2D eigenvalue weighted by Gasteiger charge is -2.15. The zero-order valence-corrected chi connectivity index (χ0v) is 10.6. The maximum atomic E-state index is 5.87. The van der Waals surface area contributed by atoms with Gasteiger partial charge in [0.15, 0.2) is 16.1 Å². The van der Waals surface area contributed by atoms with Gasteiger partial charge in [-0.3, -0.25) is 0 Å². The minimum Gasteiger partial charge on any atom is -0.483 e. The van der Waals surface area contributed by atoms with Crippen molar-refractivity contribution in [3.05, 3.63) is 52.3 Å². The van der Waals surface area contributed by atoms with Gasteiger partial charge in [-0.05, 0) is 12.5 Å². The van der Waals surface area contributed by atoms with Crippen LogP contribution in [-0.4, -0.2) is 10.2 Å². The molecular weight excluding hydrogens is 259 g/mol. The van der Waals surface area contributed by atoms with Crippen LogP contribution in [0.3, 0.4) is 0 Å². The second-order valence-electron chi connectivity index (χ2n) is 3.49. The quantitative estimate of drug-likeness (QED) is 0.846. The third-order valence-electron chi connectivity index (χ3n) is 2.26. The molecule has 0 bridgehead atoms. The fourth-order valence-electron chi connectivity index (χ4n) is 1.40. The van der Waals surface area contributed by atoms with Crippen molar-refractivity contribution < 1.29 is 4.74 Å². The van der Waals surface area contributed by atoms with Gasteiger partial charge in [-0.1, -0.05) is 53.5 Å². The molecule has 0 spiro atoms. The molecule has 0 saturated heterocycles. The first kappa shape index (κ1) is 12.1. The largest absolute Gasteiger partial charge is 0.483 e. The molecule has 17 heavy (non-hydrogen) atoms. The molecule has 1 heterocycles. The molecule has 1 atom stereocenters. The summed E-state index contributed by atoms with van der Waals surface area (Å²) in [6, 6.07) is 11.4. The van der Waals surface area contributed by atoms with Gasteiger partial charge in [0, 0.05) is 6.07 Å². The van der Waals surface area contributed by atoms with Crippen LogP contribution < -0.4 is 4.74 Å². The lowest BCUT2D eigenvalue weighted by Crippen LogP contribution is -2.04. The van der Waals surface area contributed by atoms with E-state index < -0.39 is 0 Å². The lowest BCUT2D eigenvalue weighted by molar-refractivity contribution is 0.226. The first-order chi connectivity index (χ1) is 8.16. The van der Waals surface area contributed by atoms with Crippen LogP contribution in [0.2, 0.25) is 10.3 Å². The van der Waals surface area contributed by atoms with Gasteiger partial charge < -0.3 is 4.74 Å². The van der Waals surface area contributed by atoms with E-state index in [4.69, 9.17) is 27.9 Å². The molecule has 2 aromatic rings. The van der Waals surface area contributed by atoms with E-state index in [9.17, 15) is 0 Å². The van der Waals surface area contributed by atoms with E-state index in [1.807, 2.05) is 37.3 Å². The monoisotopic (exact) mass is 268 g/mol. The number of rotatable bonds is 3. The van der Waals surface area contributed by atoms with Gasteiger partial charge >= 0.3 is 0 Å². The average molecular weight is 269 g/mol. The Morgan fingerprint density at radius 1 is 1.12 bits per heavy atom. The molecule has 1 unspecified atom stereocenters. The van der Waals surface area contributed by atoms with E-state index in [1.54, 1.807) is 6.07 Å². The average Bonchev–Trinajstić information content (AvgIpc) is 2.35. The fraction of sp³-hybridized carbons (Fsp3) is 0.167. The summed E-state index contributed by atoms with van der Waals surface area (Å²) in [7, 11) is 0. The number of ether oxygens (including phenoxy) is 1. The molecule has 0 saturated carbocycles. The second-order valence-corrected chi connectivity index (χ2v) is 4.24. The van der Waals surface area contributed by atoms with Crippen molar-refractivity contribution in [2.24, 2.45) is 0 Å². The highest BCUT2D eigenvalue weighted by Crippen LogP contribution is 2.28. The Hall–Kier alpha value is -1.32. The Labute approximate surface area is 109 Å². The Morgan fingerprint density at radius 2 is 1.82 bits per heavy atom. The molecule has 1 aromatic heterocycles. The standard InChI is InChI=1S/C12H10Cl2N2O/c1-8(9-5-3-2-4-6-9)17-10-7-11(13)15-16-12(10)14/h2-8H,1H3. The summed E-state index contributed by atoms with van der Waals surface area (Å²) in [6.07, 6.45) is -0.131. The summed E-state index contributed by atoms with van der Waals surface area (Å²) < 4.78 is 5.69. The number of hydrogen-bond acceptors (Lipinski definition) is 3. The van der Waals surface area contributed by atoms with E-state index in [0.717, 1.165) is 5.56 Å². The molecule has 0 N–H and O–H groups in total. The third kappa shape index (κ3) is 3.08. The lowest BCUT2D eigenvalue weighted by atomic mass is 10.1. The summed E-state index contributed by atoms with van der Waals surface area (Å²) in [5.74, 6) is 0.433. The van der Waals surface area contributed by atoms with Crippen LogP contribution in [0.1, 0.15) is 18.6 Å². The van der Waals surface area contributed by atoms with Crippen molar-refractivity contribution >= 4 is 23.2 Å². The predicted octanol–water partition coefficient (Wildman–Crippen LogP) is 3.92. The second kappa shape index (κ2) is 5.34. The van der Waals surface area contributed by atoms with Crippen LogP contribution in [0.4, 0.5) is 0 Å². The molecule has 0 aliphatic rings. The molecule has 0 amide bonds. The number of halogens is 2. The van der Waals surface area contributed by atoms with Gasteiger partial charge in [-0.2, -0.15) is 0 Å². The Morgan fingerprint density at radius 3 is 2.53 bits per heavy atom. The summed E-state index contributed by atoms with van der Waals surface area (Å²) >= 11 is 11.6. The van der Waals surface area contributed by atoms with Crippen LogP contribution in [0.25, 0.3) is 0 Å². The maximum absolute atomic E-state index is 5.87. The summed E-state index contributed by atoms with van der Waals surface area (Å²) in [5.41, 5.74) is 1.05. The molecule has 5 heteroatoms. The molecule has 3 nitrogen and oxygen atoms in total. The van der Waals surface area contributed by atoms with Crippen LogP contribution in [0.15, 0.2) is 36.4 Å². The minimum absolute atomic E-state index is 0.131. The van der Waals surface area contributed by atoms with Crippen molar-refractivity contribution in [3.63, 3.8) is 0 Å². The van der Waals surface area contributed by atoms with Crippen molar-refractivity contribution in [2.45, 2.75) is 13.0 Å². The number of hydrogen-bond donors (Lipinski definition) is 0. The van der Waals surface area contributed by atoms with Gasteiger partial charge in [0.05, 0.1) is 0 Å². The zero-order valence-electron chi connectivity index (χ0n) is 9.10. The topological polar surface area (TPSA) is 35.0 Å². The predicted molar refractivity (Wildman–Crippen MR) is 67.5 cm³/mol. The summed E-state index contributed by atoms with van der Waals surface area (Å²) in [4.78, 5) is 0. The number of benzene rings is 1. The molecule has 1 aromatic carbocycles. The van der Waals surface area contributed by atoms with Crippen LogP contribution in [0.5, 0.6) is 5.75 Å². The Balaban J connectivity index is 2.18. The Bertz CT molecular complexity index is 505. The molecule has 0 fully saturated rings. The van der Waals surface area contributed by atoms with Crippen LogP contribution in [0, 0.1) is 0 Å². The Kier molecular flexibility index (Phi) is 3.82. The van der Waals surface area contributed by atoms with Gasteiger partial charge in [0.2, 0.25) is 0 Å². The highest BCUT2D eigenvalue weighted by Gasteiger charge is 2.11. The van der Waals surface area contributed by atoms with Gasteiger partial charge in [0.25, 0.3) is 0 Å². The third-order valence-corrected chi connectivity index (χ3v) is 2.71. The van der Waals surface area contributed by atoms with Gasteiger partial charge in [-0.25, -0.2) is 0 Å². The van der Waals surface area contributed by atoms with E-state index in [2.05, 4.69) is 10.2 Å². The molecular formula is C12H10Cl2N2O. The van der Waals surface area contributed by atoms with E-state index in [-0.39, 0.29) is 16.4 Å². The highest BCUT2D eigenvalue weighted by molar-refractivity contribution is 6.32. The van der Waals surface area contributed by atoms with E-state index in [0.29, 0.717) is 5.75 Å². The smallest absolute Gasteiger partial charge is 0.193 e. The highest BCUT2D eigenvalue weighted by atomic mass is 35.5. The van der Waals surface area contributed by atoms with Crippen LogP contribution in [-0.2, 0) is 0 Å². The van der Waals surface area contributed by atoms with Crippen LogP contribution >= 0.6 is 23.2 Å². The first-order valence-corrected chi connectivity index (χ1v) is 5.82. The van der Waals surface area contributed by atoms with Crippen molar-refractivity contribution in [1.29, 1.82) is 0 Å². The molecule has 0 radical (unpaired) electrons. The SMILES string of the molecule is CC(Oc1cc(Cl)nnc1Cl)c1ccccc1. The number of aromatic nitrogens is 2. The summed E-state index contributed by atoms with van der Waals surface area (Å²) in [5, 5.41) is 7.77. The van der Waals surface area contributed by atoms with E-state index >= 15 is 0 Å². The van der Waals surface area contributed by atoms with Crippen molar-refractivity contribution in [1.82, 2.24) is 10.2 Å². The fourth-order valence-corrected chi connectivity index (χ4v) is 1.68. The first-order valence-electron chi connectivity index (χ1n) is 5.07. The van der Waals surface area contributed by atoms with Crippen molar-refractivity contribution in [2.75, 3.05) is 0 Å². The molecule has 0 aliphatic carbocycles. The number of nitrogens with zero attached hydrogens (tertiary/aromatic N) is 2. The van der Waals surface area contributed by atoms with E-state index in [1.165, 1.54) is 0 Å². The summed E-state index contributed by atoms with van der Waals surface area (Å²) in [6.45, 7) is 1.93. The molecule has 2 rings (SSSR count). The van der Waals surface area contributed by atoms with Gasteiger partial charge in [0.1, 0.15) is 6.10 Å². The minimum atomic E-state index is -0.131. The zero-order chi connectivity index (χ0) is 12.3. The van der Waals surface area contributed by atoms with Crippen molar-refractivity contribution in [3.8, 4) is 5.75 Å².